The van der Waals surface area contributed by atoms with Crippen molar-refractivity contribution in [3.63, 3.8) is 0 Å². The molecule has 1 aromatic carbocycles. The van der Waals surface area contributed by atoms with Gasteiger partial charge in [-0.3, -0.25) is 0 Å². The molecule has 1 heterocycles. The van der Waals surface area contributed by atoms with Crippen LogP contribution in [0.4, 0.5) is 0 Å². The summed E-state index contributed by atoms with van der Waals surface area (Å²) in [5.41, 5.74) is 2.53. The molecule has 0 aliphatic carbocycles. The summed E-state index contributed by atoms with van der Waals surface area (Å²) in [6.45, 7) is 2.01. The molecule has 0 atom stereocenters. The Kier molecular flexibility index (Phi) is 3.94. The summed E-state index contributed by atoms with van der Waals surface area (Å²) in [6, 6.07) is 7.61. The Morgan fingerprint density at radius 2 is 2.00 bits per heavy atom. The van der Waals surface area contributed by atoms with Crippen molar-refractivity contribution in [2.75, 3.05) is 7.11 Å². The molecule has 0 spiro atoms. The molecule has 0 amide bonds. The summed E-state index contributed by atoms with van der Waals surface area (Å²) < 4.78 is 6.90. The number of aliphatic hydroxyl groups excluding tert-OH is 1. The zero-order chi connectivity index (χ0) is 13.0. The minimum atomic E-state index is -0.0779. The number of ether oxygens (including phenoxy) is 1. The lowest BCUT2D eigenvalue weighted by Gasteiger charge is -2.07. The molecule has 2 aromatic rings. The van der Waals surface area contributed by atoms with Crippen LogP contribution in [0.1, 0.15) is 24.7 Å². The van der Waals surface area contributed by atoms with Crippen LogP contribution in [0.2, 0.25) is 0 Å². The van der Waals surface area contributed by atoms with Gasteiger partial charge in [0.25, 0.3) is 0 Å². The van der Waals surface area contributed by atoms with Crippen molar-refractivity contribution < 1.29 is 9.84 Å². The molecule has 0 unspecified atom stereocenters. The van der Waals surface area contributed by atoms with Crippen molar-refractivity contribution in [2.45, 2.75) is 26.4 Å². The molecule has 0 aliphatic rings. The molecule has 0 radical (unpaired) electrons. The van der Waals surface area contributed by atoms with Crippen LogP contribution in [-0.2, 0) is 13.0 Å². The summed E-state index contributed by atoms with van der Waals surface area (Å²) in [5, 5.41) is 17.4. The van der Waals surface area contributed by atoms with Crippen molar-refractivity contribution in [2.24, 2.45) is 0 Å². The van der Waals surface area contributed by atoms with E-state index in [1.807, 2.05) is 24.3 Å². The first-order valence-electron chi connectivity index (χ1n) is 5.99. The van der Waals surface area contributed by atoms with Gasteiger partial charge in [-0.05, 0) is 30.7 Å². The van der Waals surface area contributed by atoms with E-state index in [0.717, 1.165) is 30.0 Å². The van der Waals surface area contributed by atoms with Gasteiger partial charge >= 0.3 is 0 Å². The molecule has 0 fully saturated rings. The van der Waals surface area contributed by atoms with Gasteiger partial charge in [0.15, 0.2) is 0 Å². The smallest absolute Gasteiger partial charge is 0.119 e. The van der Waals surface area contributed by atoms with Crippen LogP contribution in [-0.4, -0.2) is 27.2 Å². The Hall–Kier alpha value is -1.88. The highest BCUT2D eigenvalue weighted by molar-refractivity contribution is 5.38. The van der Waals surface area contributed by atoms with E-state index in [0.29, 0.717) is 5.69 Å². The van der Waals surface area contributed by atoms with Gasteiger partial charge in [0.2, 0.25) is 0 Å². The Morgan fingerprint density at radius 3 is 2.56 bits per heavy atom. The molecule has 0 saturated heterocycles. The molecule has 1 aromatic heterocycles. The molecule has 5 nitrogen and oxygen atoms in total. The maximum Gasteiger partial charge on any atom is 0.119 e. The normalized spacial score (nSPS) is 10.6. The zero-order valence-electron chi connectivity index (χ0n) is 10.6. The topological polar surface area (TPSA) is 60.2 Å². The van der Waals surface area contributed by atoms with Gasteiger partial charge in [-0.15, -0.1) is 5.10 Å². The van der Waals surface area contributed by atoms with Crippen LogP contribution >= 0.6 is 0 Å². The maximum absolute atomic E-state index is 9.25. The molecular formula is C13H17N3O2. The Labute approximate surface area is 106 Å². The summed E-state index contributed by atoms with van der Waals surface area (Å²) in [6.07, 6.45) is 1.82. The van der Waals surface area contributed by atoms with Crippen LogP contribution < -0.4 is 4.74 Å². The zero-order valence-corrected chi connectivity index (χ0v) is 10.6. The first-order valence-corrected chi connectivity index (χ1v) is 5.99. The lowest BCUT2D eigenvalue weighted by Crippen LogP contribution is -2.03. The van der Waals surface area contributed by atoms with E-state index < -0.39 is 0 Å². The van der Waals surface area contributed by atoms with Gasteiger partial charge in [0.1, 0.15) is 11.4 Å². The van der Waals surface area contributed by atoms with Gasteiger partial charge in [0, 0.05) is 0 Å². The first-order chi connectivity index (χ1) is 8.80. The van der Waals surface area contributed by atoms with E-state index in [1.165, 1.54) is 0 Å². The van der Waals surface area contributed by atoms with E-state index in [2.05, 4.69) is 17.2 Å². The minimum Gasteiger partial charge on any atom is -0.497 e. The Balaban J connectivity index is 2.39. The molecule has 0 aliphatic heterocycles. The maximum atomic E-state index is 9.25. The molecule has 1 N–H and O–H groups in total. The van der Waals surface area contributed by atoms with Crippen molar-refractivity contribution in [1.29, 1.82) is 0 Å². The number of hydrogen-bond acceptors (Lipinski definition) is 4. The van der Waals surface area contributed by atoms with Crippen molar-refractivity contribution in [3.05, 3.63) is 35.7 Å². The number of benzene rings is 1. The van der Waals surface area contributed by atoms with Gasteiger partial charge in [-0.1, -0.05) is 18.6 Å². The largest absolute Gasteiger partial charge is 0.497 e. The second-order valence-corrected chi connectivity index (χ2v) is 4.00. The van der Waals surface area contributed by atoms with Crippen LogP contribution in [0.25, 0.3) is 5.69 Å². The molecular weight excluding hydrogens is 230 g/mol. The monoisotopic (exact) mass is 247 g/mol. The van der Waals surface area contributed by atoms with E-state index in [-0.39, 0.29) is 6.61 Å². The first kappa shape index (κ1) is 12.6. The van der Waals surface area contributed by atoms with Crippen LogP contribution in [0, 0.1) is 0 Å². The van der Waals surface area contributed by atoms with Crippen molar-refractivity contribution in [3.8, 4) is 11.4 Å². The lowest BCUT2D eigenvalue weighted by molar-refractivity contribution is 0.275. The van der Waals surface area contributed by atoms with Crippen LogP contribution in [0.3, 0.4) is 0 Å². The van der Waals surface area contributed by atoms with Gasteiger partial charge in [0.05, 0.1) is 25.1 Å². The quantitative estimate of drug-likeness (QED) is 0.874. The highest BCUT2D eigenvalue weighted by Crippen LogP contribution is 2.18. The number of rotatable bonds is 5. The van der Waals surface area contributed by atoms with E-state index in [9.17, 15) is 5.11 Å². The predicted octanol–water partition coefficient (Wildman–Crippen LogP) is 1.72. The SMILES string of the molecule is CCCc1c(CO)nnn1-c1ccc(OC)cc1. The van der Waals surface area contributed by atoms with Crippen LogP contribution in [0.5, 0.6) is 5.75 Å². The third-order valence-corrected chi connectivity index (χ3v) is 2.80. The van der Waals surface area contributed by atoms with Gasteiger partial charge < -0.3 is 9.84 Å². The van der Waals surface area contributed by atoms with Crippen molar-refractivity contribution in [1.82, 2.24) is 15.0 Å². The fourth-order valence-corrected chi connectivity index (χ4v) is 1.87. The third-order valence-electron chi connectivity index (χ3n) is 2.80. The molecule has 96 valence electrons. The summed E-state index contributed by atoms with van der Waals surface area (Å²) in [5.74, 6) is 0.804. The number of methoxy groups -OCH3 is 1. The number of nitrogens with zero attached hydrogens (tertiary/aromatic N) is 3. The second kappa shape index (κ2) is 5.64. The van der Waals surface area contributed by atoms with Crippen LogP contribution in [0.15, 0.2) is 24.3 Å². The van der Waals surface area contributed by atoms with Crippen molar-refractivity contribution >= 4 is 0 Å². The molecule has 0 saturated carbocycles. The fourth-order valence-electron chi connectivity index (χ4n) is 1.87. The average molecular weight is 247 g/mol. The Bertz CT molecular complexity index is 505. The second-order valence-electron chi connectivity index (χ2n) is 4.00. The average Bonchev–Trinajstić information content (AvgIpc) is 2.82. The number of hydrogen-bond donors (Lipinski definition) is 1. The highest BCUT2D eigenvalue weighted by Gasteiger charge is 2.12. The lowest BCUT2D eigenvalue weighted by atomic mass is 10.2. The molecule has 5 heteroatoms. The third kappa shape index (κ3) is 2.36. The van der Waals surface area contributed by atoms with E-state index in [1.54, 1.807) is 11.8 Å². The molecule has 18 heavy (non-hydrogen) atoms. The highest BCUT2D eigenvalue weighted by atomic mass is 16.5. The van der Waals surface area contributed by atoms with E-state index in [4.69, 9.17) is 4.74 Å². The number of aliphatic hydroxyl groups is 1. The van der Waals surface area contributed by atoms with Gasteiger partial charge in [-0.25, -0.2) is 4.68 Å². The fraction of sp³-hybridized carbons (Fsp3) is 0.385. The Morgan fingerprint density at radius 1 is 1.28 bits per heavy atom. The van der Waals surface area contributed by atoms with E-state index >= 15 is 0 Å². The molecule has 0 bridgehead atoms. The summed E-state index contributed by atoms with van der Waals surface area (Å²) >= 11 is 0. The number of aromatic nitrogens is 3. The summed E-state index contributed by atoms with van der Waals surface area (Å²) in [4.78, 5) is 0. The van der Waals surface area contributed by atoms with Gasteiger partial charge in [-0.2, -0.15) is 0 Å². The predicted molar refractivity (Wildman–Crippen MR) is 67.8 cm³/mol. The standard InChI is InChI=1S/C13H17N3O2/c1-3-4-13-12(9-17)14-15-16(13)10-5-7-11(18-2)8-6-10/h5-8,17H,3-4,9H2,1-2H3. The summed E-state index contributed by atoms with van der Waals surface area (Å²) in [7, 11) is 1.64. The molecule has 2 rings (SSSR count). The minimum absolute atomic E-state index is 0.0779.